The molecule has 22 heavy (non-hydrogen) atoms. The van der Waals surface area contributed by atoms with Crippen LogP contribution < -0.4 is 5.32 Å². The minimum Gasteiger partial charge on any atom is -0.356 e. The smallest absolute Gasteiger partial charge is 0.223 e. The molecule has 0 unspecified atom stereocenters. The van der Waals surface area contributed by atoms with Gasteiger partial charge in [-0.3, -0.25) is 4.79 Å². The lowest BCUT2D eigenvalue weighted by Gasteiger charge is -2.41. The maximum atomic E-state index is 12.2. The molecule has 0 aliphatic carbocycles. The van der Waals surface area contributed by atoms with Crippen LogP contribution >= 0.6 is 0 Å². The Morgan fingerprint density at radius 3 is 2.27 bits per heavy atom. The Balaban J connectivity index is 1.64. The zero-order valence-electron chi connectivity index (χ0n) is 14.6. The van der Waals surface area contributed by atoms with Crippen LogP contribution in [0.2, 0.25) is 0 Å². The third-order valence-corrected chi connectivity index (χ3v) is 5.50. The Morgan fingerprint density at radius 1 is 1.00 bits per heavy atom. The van der Waals surface area contributed by atoms with Gasteiger partial charge in [0.15, 0.2) is 0 Å². The average molecular weight is 309 g/mol. The molecule has 0 spiro atoms. The predicted molar refractivity (Wildman–Crippen MR) is 92.0 cm³/mol. The molecule has 2 fully saturated rings. The summed E-state index contributed by atoms with van der Waals surface area (Å²) in [5, 5.41) is 3.13. The van der Waals surface area contributed by atoms with E-state index < -0.39 is 0 Å². The second-order valence-corrected chi connectivity index (χ2v) is 6.97. The van der Waals surface area contributed by atoms with Crippen LogP contribution in [-0.4, -0.2) is 61.0 Å². The molecule has 2 aliphatic rings. The topological polar surface area (TPSA) is 35.6 Å². The van der Waals surface area contributed by atoms with E-state index in [1.165, 1.54) is 45.3 Å². The number of likely N-dealkylation sites (tertiary alicyclic amines) is 2. The molecule has 1 N–H and O–H groups in total. The van der Waals surface area contributed by atoms with Crippen molar-refractivity contribution in [3.63, 3.8) is 0 Å². The lowest BCUT2D eigenvalue weighted by atomic mass is 9.92. The van der Waals surface area contributed by atoms with Gasteiger partial charge in [-0.05, 0) is 64.8 Å². The van der Waals surface area contributed by atoms with E-state index in [-0.39, 0.29) is 5.92 Å². The molecule has 0 radical (unpaired) electrons. The molecule has 2 rings (SSSR count). The molecule has 4 heteroatoms. The predicted octanol–water partition coefficient (Wildman–Crippen LogP) is 2.49. The lowest BCUT2D eigenvalue weighted by Crippen LogP contribution is -2.49. The zero-order chi connectivity index (χ0) is 15.8. The molecule has 128 valence electrons. The molecule has 2 aliphatic heterocycles. The summed E-state index contributed by atoms with van der Waals surface area (Å²) in [6.45, 7) is 11.2. The second-order valence-electron chi connectivity index (χ2n) is 6.97. The molecule has 0 aromatic rings. The van der Waals surface area contributed by atoms with Gasteiger partial charge >= 0.3 is 0 Å². The van der Waals surface area contributed by atoms with Gasteiger partial charge in [-0.15, -0.1) is 0 Å². The van der Waals surface area contributed by atoms with Crippen molar-refractivity contribution in [2.75, 3.05) is 39.3 Å². The summed E-state index contributed by atoms with van der Waals surface area (Å²) in [5.41, 5.74) is 0. The molecule has 1 amide bonds. The van der Waals surface area contributed by atoms with Crippen LogP contribution in [0.1, 0.15) is 58.8 Å². The summed E-state index contributed by atoms with van der Waals surface area (Å²) in [6, 6.07) is 0.761. The van der Waals surface area contributed by atoms with Crippen LogP contribution in [0.25, 0.3) is 0 Å². The van der Waals surface area contributed by atoms with E-state index in [4.69, 9.17) is 0 Å². The van der Waals surface area contributed by atoms with Gasteiger partial charge in [0.05, 0.1) is 0 Å². The minimum absolute atomic E-state index is 0.258. The van der Waals surface area contributed by atoms with E-state index in [1.807, 2.05) is 0 Å². The van der Waals surface area contributed by atoms with Crippen molar-refractivity contribution in [1.29, 1.82) is 0 Å². The first-order chi connectivity index (χ1) is 10.7. The number of nitrogens with zero attached hydrogens (tertiary/aromatic N) is 2. The van der Waals surface area contributed by atoms with Crippen molar-refractivity contribution in [1.82, 2.24) is 15.1 Å². The Kier molecular flexibility index (Phi) is 7.67. The van der Waals surface area contributed by atoms with Gasteiger partial charge in [0, 0.05) is 18.5 Å². The highest BCUT2D eigenvalue weighted by atomic mass is 16.1. The number of amides is 1. The van der Waals surface area contributed by atoms with Gasteiger partial charge in [-0.1, -0.05) is 26.7 Å². The molecule has 0 aromatic heterocycles. The molecule has 4 nitrogen and oxygen atoms in total. The highest BCUT2D eigenvalue weighted by Gasteiger charge is 2.30. The normalized spacial score (nSPS) is 22.8. The molecule has 0 atom stereocenters. The molecule has 0 bridgehead atoms. The largest absolute Gasteiger partial charge is 0.356 e. The number of nitrogens with one attached hydrogen (secondary N) is 1. The van der Waals surface area contributed by atoms with Crippen LogP contribution in [-0.2, 0) is 4.79 Å². The molecule has 0 saturated carbocycles. The molecule has 0 aromatic carbocycles. The first kappa shape index (κ1) is 17.7. The third kappa shape index (κ3) is 5.24. The molecule has 2 saturated heterocycles. The molecular weight excluding hydrogens is 274 g/mol. The molecule has 2 heterocycles. The highest BCUT2D eigenvalue weighted by Crippen LogP contribution is 2.24. The van der Waals surface area contributed by atoms with Gasteiger partial charge in [-0.2, -0.15) is 0 Å². The quantitative estimate of drug-likeness (QED) is 0.734. The number of rotatable bonds is 7. The highest BCUT2D eigenvalue weighted by molar-refractivity contribution is 5.78. The number of unbranched alkanes of at least 4 members (excludes halogenated alkanes) is 2. The summed E-state index contributed by atoms with van der Waals surface area (Å²) < 4.78 is 0. The van der Waals surface area contributed by atoms with E-state index in [2.05, 4.69) is 29.0 Å². The summed E-state index contributed by atoms with van der Waals surface area (Å²) in [7, 11) is 0. The number of piperidine rings is 2. The van der Waals surface area contributed by atoms with Crippen LogP contribution in [0.5, 0.6) is 0 Å². The van der Waals surface area contributed by atoms with E-state index in [0.717, 1.165) is 44.9 Å². The average Bonchev–Trinajstić information content (AvgIpc) is 2.59. The van der Waals surface area contributed by atoms with E-state index in [9.17, 15) is 4.79 Å². The second kappa shape index (κ2) is 9.51. The fourth-order valence-electron chi connectivity index (χ4n) is 3.86. The third-order valence-electron chi connectivity index (χ3n) is 5.50. The standard InChI is InChI=1S/C18H35N3O/c1-3-5-6-11-19-18(22)16-7-14-21(15-8-16)17-9-12-20(4-2)13-10-17/h16-17H,3-15H2,1-2H3,(H,19,22). The maximum Gasteiger partial charge on any atom is 0.223 e. The van der Waals surface area contributed by atoms with Gasteiger partial charge in [0.2, 0.25) is 5.91 Å². The van der Waals surface area contributed by atoms with Crippen LogP contribution in [0.4, 0.5) is 0 Å². The van der Waals surface area contributed by atoms with Gasteiger partial charge in [-0.25, -0.2) is 0 Å². The van der Waals surface area contributed by atoms with Crippen molar-refractivity contribution in [3.8, 4) is 0 Å². The molecular formula is C18H35N3O. The Hall–Kier alpha value is -0.610. The first-order valence-corrected chi connectivity index (χ1v) is 9.48. The van der Waals surface area contributed by atoms with Gasteiger partial charge < -0.3 is 15.1 Å². The number of hydrogen-bond acceptors (Lipinski definition) is 3. The number of carbonyl (C=O) groups excluding carboxylic acids is 1. The Morgan fingerprint density at radius 2 is 1.68 bits per heavy atom. The van der Waals surface area contributed by atoms with Crippen molar-refractivity contribution >= 4 is 5.91 Å². The summed E-state index contributed by atoms with van der Waals surface area (Å²) >= 11 is 0. The summed E-state index contributed by atoms with van der Waals surface area (Å²) in [5.74, 6) is 0.560. The van der Waals surface area contributed by atoms with Gasteiger partial charge in [0.1, 0.15) is 0 Å². The van der Waals surface area contributed by atoms with Crippen molar-refractivity contribution in [3.05, 3.63) is 0 Å². The SMILES string of the molecule is CCCCCNC(=O)C1CCN(C2CCN(CC)CC2)CC1. The van der Waals surface area contributed by atoms with Crippen molar-refractivity contribution < 1.29 is 4.79 Å². The monoisotopic (exact) mass is 309 g/mol. The van der Waals surface area contributed by atoms with Gasteiger partial charge in [0.25, 0.3) is 0 Å². The maximum absolute atomic E-state index is 12.2. The van der Waals surface area contributed by atoms with E-state index in [0.29, 0.717) is 5.91 Å². The Labute approximate surface area is 136 Å². The minimum atomic E-state index is 0.258. The van der Waals surface area contributed by atoms with Crippen molar-refractivity contribution in [2.45, 2.75) is 64.8 Å². The first-order valence-electron chi connectivity index (χ1n) is 9.48. The summed E-state index contributed by atoms with van der Waals surface area (Å²) in [6.07, 6.45) is 8.27. The van der Waals surface area contributed by atoms with Crippen LogP contribution in [0.3, 0.4) is 0 Å². The number of hydrogen-bond donors (Lipinski definition) is 1. The van der Waals surface area contributed by atoms with Crippen LogP contribution in [0, 0.1) is 5.92 Å². The fraction of sp³-hybridized carbons (Fsp3) is 0.944. The fourth-order valence-corrected chi connectivity index (χ4v) is 3.86. The van der Waals surface area contributed by atoms with E-state index in [1.54, 1.807) is 0 Å². The lowest BCUT2D eigenvalue weighted by molar-refractivity contribution is -0.126. The van der Waals surface area contributed by atoms with Crippen LogP contribution in [0.15, 0.2) is 0 Å². The summed E-state index contributed by atoms with van der Waals surface area (Å²) in [4.78, 5) is 17.4. The zero-order valence-corrected chi connectivity index (χ0v) is 14.6. The Bertz CT molecular complexity index is 318. The van der Waals surface area contributed by atoms with Crippen molar-refractivity contribution in [2.24, 2.45) is 5.92 Å². The van der Waals surface area contributed by atoms with E-state index >= 15 is 0 Å². The number of carbonyl (C=O) groups is 1.